The van der Waals surface area contributed by atoms with Crippen LogP contribution in [0.15, 0.2) is 39.8 Å². The number of benzene rings is 1. The van der Waals surface area contributed by atoms with Gasteiger partial charge in [0, 0.05) is 11.8 Å². The van der Waals surface area contributed by atoms with E-state index < -0.39 is 25.9 Å². The van der Waals surface area contributed by atoms with Gasteiger partial charge in [0.15, 0.2) is 5.76 Å². The zero-order chi connectivity index (χ0) is 16.5. The lowest BCUT2D eigenvalue weighted by atomic mass is 10.2. The highest BCUT2D eigenvalue weighted by molar-refractivity contribution is 7.89. The van der Waals surface area contributed by atoms with Gasteiger partial charge < -0.3 is 9.73 Å². The third-order valence-electron chi connectivity index (χ3n) is 2.49. The first-order valence-electron chi connectivity index (χ1n) is 5.56. The van der Waals surface area contributed by atoms with E-state index in [0.717, 1.165) is 18.2 Å². The van der Waals surface area contributed by atoms with Gasteiger partial charge in [-0.2, -0.15) is 0 Å². The second kappa shape index (κ2) is 5.75. The van der Waals surface area contributed by atoms with E-state index in [1.165, 1.54) is 12.1 Å². The van der Waals surface area contributed by atoms with Crippen LogP contribution in [0.3, 0.4) is 0 Å². The molecular weight excluding hydrogens is 338 g/mol. The summed E-state index contributed by atoms with van der Waals surface area (Å²) >= 11 is 5.64. The van der Waals surface area contributed by atoms with Crippen LogP contribution in [-0.4, -0.2) is 19.2 Å². The van der Waals surface area contributed by atoms with Crippen molar-refractivity contribution in [2.24, 2.45) is 5.14 Å². The lowest BCUT2D eigenvalue weighted by Gasteiger charge is -2.03. The zero-order valence-corrected chi connectivity index (χ0v) is 12.2. The van der Waals surface area contributed by atoms with Gasteiger partial charge in [0.2, 0.25) is 5.09 Å². The lowest BCUT2D eigenvalue weighted by molar-refractivity contribution is -0.384. The molecule has 0 atom stereocenters. The fourth-order valence-corrected chi connectivity index (χ4v) is 2.17. The normalized spacial score (nSPS) is 11.2. The van der Waals surface area contributed by atoms with Crippen molar-refractivity contribution in [2.45, 2.75) is 5.09 Å². The molecule has 1 amide bonds. The molecule has 11 heteroatoms. The standard InChI is InChI=1S/C11H8ClN3O6S/c12-7-2-1-6(5-8(7)15(17)18)14-11(16)9-3-4-10(21-9)22(13,19)20/h1-5H,(H,14,16)(H2,13,19,20). The summed E-state index contributed by atoms with van der Waals surface area (Å²) in [4.78, 5) is 21.9. The highest BCUT2D eigenvalue weighted by Crippen LogP contribution is 2.27. The summed E-state index contributed by atoms with van der Waals surface area (Å²) in [6.45, 7) is 0. The van der Waals surface area contributed by atoms with Crippen molar-refractivity contribution in [3.8, 4) is 0 Å². The van der Waals surface area contributed by atoms with Gasteiger partial charge >= 0.3 is 0 Å². The molecule has 1 aromatic heterocycles. The Kier molecular flexibility index (Phi) is 4.17. The Hall–Kier alpha value is -2.43. The van der Waals surface area contributed by atoms with Crippen LogP contribution in [0.4, 0.5) is 11.4 Å². The minimum absolute atomic E-state index is 0.0856. The summed E-state index contributed by atoms with van der Waals surface area (Å²) in [6.07, 6.45) is 0. The number of furan rings is 1. The second-order valence-electron chi connectivity index (χ2n) is 4.04. The van der Waals surface area contributed by atoms with Crippen LogP contribution in [0.1, 0.15) is 10.6 Å². The van der Waals surface area contributed by atoms with Gasteiger partial charge in [-0.05, 0) is 24.3 Å². The SMILES string of the molecule is NS(=O)(=O)c1ccc(C(=O)Nc2ccc(Cl)c([N+](=O)[O-])c2)o1. The molecule has 0 radical (unpaired) electrons. The molecule has 1 heterocycles. The number of carbonyl (C=O) groups is 1. The Morgan fingerprint density at radius 1 is 1.32 bits per heavy atom. The van der Waals surface area contributed by atoms with Gasteiger partial charge in [-0.15, -0.1) is 0 Å². The third-order valence-corrected chi connectivity index (χ3v) is 3.59. The van der Waals surface area contributed by atoms with Gasteiger partial charge in [-0.1, -0.05) is 11.6 Å². The predicted octanol–water partition coefficient (Wildman–Crippen LogP) is 1.74. The molecule has 2 rings (SSSR count). The third kappa shape index (κ3) is 3.42. The number of nitrogens with zero attached hydrogens (tertiary/aromatic N) is 1. The highest BCUT2D eigenvalue weighted by Gasteiger charge is 2.19. The highest BCUT2D eigenvalue weighted by atomic mass is 35.5. The van der Waals surface area contributed by atoms with Crippen LogP contribution < -0.4 is 10.5 Å². The Morgan fingerprint density at radius 2 is 2.00 bits per heavy atom. The summed E-state index contributed by atoms with van der Waals surface area (Å²) in [5, 5.41) is 17.3. The van der Waals surface area contributed by atoms with Crippen LogP contribution in [0, 0.1) is 10.1 Å². The molecule has 0 bridgehead atoms. The van der Waals surface area contributed by atoms with Crippen LogP contribution >= 0.6 is 11.6 Å². The Morgan fingerprint density at radius 3 is 2.55 bits per heavy atom. The molecule has 2 aromatic rings. The van der Waals surface area contributed by atoms with Crippen molar-refractivity contribution in [1.82, 2.24) is 0 Å². The number of carbonyl (C=O) groups excluding carboxylic acids is 1. The van der Waals surface area contributed by atoms with Crippen LogP contribution in [0.5, 0.6) is 0 Å². The summed E-state index contributed by atoms with van der Waals surface area (Å²) in [5.41, 5.74) is -0.293. The number of sulfonamides is 1. The van der Waals surface area contributed by atoms with Crippen molar-refractivity contribution in [2.75, 3.05) is 5.32 Å². The molecule has 0 saturated carbocycles. The average Bonchev–Trinajstić information content (AvgIpc) is 2.90. The molecule has 3 N–H and O–H groups in total. The molecular formula is C11H8ClN3O6S. The Labute approximate surface area is 128 Å². The molecule has 0 aliphatic carbocycles. The summed E-state index contributed by atoms with van der Waals surface area (Å²) < 4.78 is 26.9. The van der Waals surface area contributed by atoms with E-state index in [2.05, 4.69) is 5.32 Å². The fraction of sp³-hybridized carbons (Fsp3) is 0. The molecule has 0 unspecified atom stereocenters. The Bertz CT molecular complexity index is 860. The smallest absolute Gasteiger partial charge is 0.291 e. The van der Waals surface area contributed by atoms with E-state index in [-0.39, 0.29) is 22.2 Å². The van der Waals surface area contributed by atoms with E-state index >= 15 is 0 Å². The van der Waals surface area contributed by atoms with Crippen molar-refractivity contribution < 1.29 is 22.6 Å². The zero-order valence-electron chi connectivity index (χ0n) is 10.6. The number of amides is 1. The van der Waals surface area contributed by atoms with E-state index in [1.807, 2.05) is 0 Å². The molecule has 0 aliphatic rings. The maximum Gasteiger partial charge on any atom is 0.291 e. The second-order valence-corrected chi connectivity index (χ2v) is 5.94. The van der Waals surface area contributed by atoms with E-state index in [4.69, 9.17) is 21.2 Å². The number of hydrogen-bond acceptors (Lipinski definition) is 6. The van der Waals surface area contributed by atoms with Crippen LogP contribution in [-0.2, 0) is 10.0 Å². The number of halogens is 1. The number of rotatable bonds is 4. The number of hydrogen-bond donors (Lipinski definition) is 2. The first-order valence-corrected chi connectivity index (χ1v) is 7.49. The predicted molar refractivity (Wildman–Crippen MR) is 76.1 cm³/mol. The lowest BCUT2D eigenvalue weighted by Crippen LogP contribution is -2.12. The average molecular weight is 346 g/mol. The minimum atomic E-state index is -4.07. The van der Waals surface area contributed by atoms with Gasteiger partial charge in [0.25, 0.3) is 21.6 Å². The summed E-state index contributed by atoms with van der Waals surface area (Å²) in [5.74, 6) is -1.12. The minimum Gasteiger partial charge on any atom is -0.438 e. The van der Waals surface area contributed by atoms with Crippen molar-refractivity contribution in [3.05, 3.63) is 51.2 Å². The fourth-order valence-electron chi connectivity index (χ4n) is 1.52. The number of nitrogens with one attached hydrogen (secondary N) is 1. The van der Waals surface area contributed by atoms with Gasteiger partial charge in [-0.25, -0.2) is 13.6 Å². The monoisotopic (exact) mass is 345 g/mol. The topological polar surface area (TPSA) is 146 Å². The molecule has 0 saturated heterocycles. The van der Waals surface area contributed by atoms with Crippen LogP contribution in [0.2, 0.25) is 5.02 Å². The van der Waals surface area contributed by atoms with E-state index in [9.17, 15) is 23.3 Å². The maximum absolute atomic E-state index is 11.9. The molecule has 116 valence electrons. The summed E-state index contributed by atoms with van der Waals surface area (Å²) in [6, 6.07) is 5.78. The van der Waals surface area contributed by atoms with Gasteiger partial charge in [0.1, 0.15) is 5.02 Å². The number of anilines is 1. The molecule has 0 fully saturated rings. The molecule has 22 heavy (non-hydrogen) atoms. The first-order chi connectivity index (χ1) is 10.2. The maximum atomic E-state index is 11.9. The number of nitro groups is 1. The number of primary sulfonamides is 1. The molecule has 9 nitrogen and oxygen atoms in total. The van der Waals surface area contributed by atoms with E-state index in [1.54, 1.807) is 0 Å². The summed E-state index contributed by atoms with van der Waals surface area (Å²) in [7, 11) is -4.07. The van der Waals surface area contributed by atoms with Gasteiger partial charge in [-0.3, -0.25) is 14.9 Å². The molecule has 0 spiro atoms. The number of nitro benzene ring substituents is 1. The molecule has 0 aliphatic heterocycles. The quantitative estimate of drug-likeness (QED) is 0.637. The Balaban J connectivity index is 2.24. The first kappa shape index (κ1) is 15.9. The van der Waals surface area contributed by atoms with Crippen molar-refractivity contribution in [3.63, 3.8) is 0 Å². The largest absolute Gasteiger partial charge is 0.438 e. The number of nitrogens with two attached hydrogens (primary N) is 1. The van der Waals surface area contributed by atoms with Crippen molar-refractivity contribution in [1.29, 1.82) is 0 Å². The van der Waals surface area contributed by atoms with E-state index in [0.29, 0.717) is 0 Å². The van der Waals surface area contributed by atoms with Crippen molar-refractivity contribution >= 4 is 38.9 Å². The van der Waals surface area contributed by atoms with Crippen LogP contribution in [0.25, 0.3) is 0 Å². The van der Waals surface area contributed by atoms with Gasteiger partial charge in [0.05, 0.1) is 4.92 Å². The molecule has 1 aromatic carbocycles.